The smallest absolute Gasteiger partial charge is 0.0950 e. The van der Waals surface area contributed by atoms with Gasteiger partial charge in [-0.2, -0.15) is 0 Å². The highest BCUT2D eigenvalue weighted by Gasteiger charge is 2.42. The molecule has 3 heteroatoms. The van der Waals surface area contributed by atoms with E-state index in [0.29, 0.717) is 12.6 Å². The first-order chi connectivity index (χ1) is 6.84. The maximum atomic E-state index is 9.75. The Kier molecular flexibility index (Phi) is 2.26. The molecule has 0 aromatic heterocycles. The second-order valence-electron chi connectivity index (χ2n) is 5.08. The molecule has 1 saturated carbocycles. The molecule has 2 aliphatic heterocycles. The highest BCUT2D eigenvalue weighted by atomic mass is 16.5. The molecule has 3 rings (SSSR count). The van der Waals surface area contributed by atoms with Gasteiger partial charge in [0.15, 0.2) is 0 Å². The van der Waals surface area contributed by atoms with Crippen molar-refractivity contribution in [2.24, 2.45) is 11.8 Å². The molecule has 2 heterocycles. The minimum Gasteiger partial charge on any atom is -0.389 e. The quantitative estimate of drug-likeness (QED) is 0.663. The number of fused-ring (bicyclic) bond motifs is 1. The number of ether oxygens (including phenoxy) is 1. The van der Waals surface area contributed by atoms with E-state index < -0.39 is 0 Å². The number of rotatable bonds is 1. The Morgan fingerprint density at radius 3 is 2.36 bits per heavy atom. The molecule has 0 bridgehead atoms. The Morgan fingerprint density at radius 2 is 1.79 bits per heavy atom. The van der Waals surface area contributed by atoms with E-state index in [4.69, 9.17) is 4.74 Å². The van der Waals surface area contributed by atoms with Crippen molar-refractivity contribution >= 4 is 0 Å². The van der Waals surface area contributed by atoms with E-state index in [1.54, 1.807) is 0 Å². The normalized spacial score (nSPS) is 48.6. The molecule has 14 heavy (non-hydrogen) atoms. The molecule has 0 aromatic rings. The maximum Gasteiger partial charge on any atom is 0.0950 e. The zero-order valence-electron chi connectivity index (χ0n) is 8.56. The molecular weight excluding hydrogens is 178 g/mol. The number of nitrogens with zero attached hydrogens (tertiary/aromatic N) is 1. The van der Waals surface area contributed by atoms with Gasteiger partial charge >= 0.3 is 0 Å². The average Bonchev–Trinajstić information content (AvgIpc) is 2.75. The van der Waals surface area contributed by atoms with Gasteiger partial charge in [-0.25, -0.2) is 0 Å². The van der Waals surface area contributed by atoms with Crippen molar-refractivity contribution in [2.45, 2.75) is 31.4 Å². The molecule has 3 nitrogen and oxygen atoms in total. The fraction of sp³-hybridized carbons (Fsp3) is 1.00. The Labute approximate surface area is 85.0 Å². The fourth-order valence-corrected chi connectivity index (χ4v) is 3.42. The zero-order valence-corrected chi connectivity index (χ0v) is 8.56. The van der Waals surface area contributed by atoms with E-state index in [1.807, 2.05) is 0 Å². The van der Waals surface area contributed by atoms with Gasteiger partial charge in [-0.15, -0.1) is 0 Å². The molecule has 2 unspecified atom stereocenters. The number of aliphatic hydroxyl groups excluding tert-OH is 1. The first-order valence-electron chi connectivity index (χ1n) is 5.84. The van der Waals surface area contributed by atoms with Crippen LogP contribution in [0.4, 0.5) is 0 Å². The first-order valence-corrected chi connectivity index (χ1v) is 5.84. The van der Waals surface area contributed by atoms with Crippen molar-refractivity contribution in [1.82, 2.24) is 4.90 Å². The van der Waals surface area contributed by atoms with Gasteiger partial charge in [0, 0.05) is 13.1 Å². The highest BCUT2D eigenvalue weighted by molar-refractivity contribution is 4.94. The lowest BCUT2D eigenvalue weighted by Crippen LogP contribution is -2.42. The monoisotopic (exact) mass is 197 g/mol. The van der Waals surface area contributed by atoms with E-state index >= 15 is 0 Å². The third kappa shape index (κ3) is 1.38. The third-order valence-electron chi connectivity index (χ3n) is 4.24. The Hall–Kier alpha value is -0.120. The first kappa shape index (κ1) is 9.13. The van der Waals surface area contributed by atoms with Gasteiger partial charge in [-0.1, -0.05) is 6.42 Å². The minimum atomic E-state index is -0.242. The number of hydrogen-bond acceptors (Lipinski definition) is 3. The van der Waals surface area contributed by atoms with Gasteiger partial charge in [0.25, 0.3) is 0 Å². The van der Waals surface area contributed by atoms with Crippen molar-refractivity contribution in [1.29, 1.82) is 0 Å². The van der Waals surface area contributed by atoms with Crippen molar-refractivity contribution in [3.8, 4) is 0 Å². The van der Waals surface area contributed by atoms with Crippen molar-refractivity contribution < 1.29 is 9.84 Å². The number of aliphatic hydroxyl groups is 1. The molecule has 0 spiro atoms. The van der Waals surface area contributed by atoms with Crippen LogP contribution in [0.25, 0.3) is 0 Å². The van der Waals surface area contributed by atoms with Crippen LogP contribution in [0, 0.1) is 11.8 Å². The van der Waals surface area contributed by atoms with E-state index in [-0.39, 0.29) is 6.10 Å². The van der Waals surface area contributed by atoms with Gasteiger partial charge in [-0.05, 0) is 24.7 Å². The molecule has 2 saturated heterocycles. The van der Waals surface area contributed by atoms with E-state index in [1.165, 1.54) is 32.4 Å². The summed E-state index contributed by atoms with van der Waals surface area (Å²) in [5, 5.41) is 9.75. The Morgan fingerprint density at radius 1 is 1.07 bits per heavy atom. The lowest BCUT2D eigenvalue weighted by molar-refractivity contribution is 0.0908. The predicted octanol–water partition coefficient (Wildman–Crippen LogP) is 0.478. The SMILES string of the molecule is O[C@@H]1COC[C@H]1N1CC2CCCC2C1. The molecular formula is C11H19NO2. The molecule has 1 aliphatic carbocycles. The average molecular weight is 197 g/mol. The second-order valence-corrected chi connectivity index (χ2v) is 5.08. The molecule has 4 atom stereocenters. The molecule has 3 fully saturated rings. The van der Waals surface area contributed by atoms with Crippen LogP contribution in [-0.2, 0) is 4.74 Å². The molecule has 0 radical (unpaired) electrons. The summed E-state index contributed by atoms with van der Waals surface area (Å²) < 4.78 is 5.31. The largest absolute Gasteiger partial charge is 0.389 e. The van der Waals surface area contributed by atoms with Crippen LogP contribution >= 0.6 is 0 Å². The Bertz CT molecular complexity index is 209. The van der Waals surface area contributed by atoms with Crippen LogP contribution in [-0.4, -0.2) is 48.5 Å². The van der Waals surface area contributed by atoms with Crippen LogP contribution in [0.1, 0.15) is 19.3 Å². The zero-order chi connectivity index (χ0) is 9.54. The Balaban J connectivity index is 1.65. The van der Waals surface area contributed by atoms with Gasteiger partial charge in [0.1, 0.15) is 0 Å². The van der Waals surface area contributed by atoms with Crippen LogP contribution in [0.2, 0.25) is 0 Å². The fourth-order valence-electron chi connectivity index (χ4n) is 3.42. The van der Waals surface area contributed by atoms with Gasteiger partial charge in [0.2, 0.25) is 0 Å². The lowest BCUT2D eigenvalue weighted by atomic mass is 10.0. The van der Waals surface area contributed by atoms with Gasteiger partial charge in [0.05, 0.1) is 25.4 Å². The third-order valence-corrected chi connectivity index (χ3v) is 4.24. The van der Waals surface area contributed by atoms with Crippen LogP contribution in [0.3, 0.4) is 0 Å². The summed E-state index contributed by atoms with van der Waals surface area (Å²) in [7, 11) is 0. The van der Waals surface area contributed by atoms with Gasteiger partial charge < -0.3 is 9.84 Å². The lowest BCUT2D eigenvalue weighted by Gasteiger charge is -2.25. The topological polar surface area (TPSA) is 32.7 Å². The number of likely N-dealkylation sites (tertiary alicyclic amines) is 1. The summed E-state index contributed by atoms with van der Waals surface area (Å²) in [6.45, 7) is 3.68. The second kappa shape index (κ2) is 3.47. The van der Waals surface area contributed by atoms with Crippen LogP contribution < -0.4 is 0 Å². The van der Waals surface area contributed by atoms with Crippen molar-refractivity contribution in [2.75, 3.05) is 26.3 Å². The summed E-state index contributed by atoms with van der Waals surface area (Å²) in [5.74, 6) is 1.84. The van der Waals surface area contributed by atoms with Crippen LogP contribution in [0.15, 0.2) is 0 Å². The molecule has 3 aliphatic rings. The summed E-state index contributed by atoms with van der Waals surface area (Å²) in [6.07, 6.45) is 4.00. The standard InChI is InChI=1S/C11H19NO2/c13-11-7-14-6-10(11)12-4-8-2-1-3-9(8)5-12/h8-11,13H,1-7H2/t8?,9?,10-,11-/m1/s1. The molecule has 80 valence electrons. The van der Waals surface area contributed by atoms with Crippen LogP contribution in [0.5, 0.6) is 0 Å². The van der Waals surface area contributed by atoms with Gasteiger partial charge in [-0.3, -0.25) is 4.90 Å². The summed E-state index contributed by atoms with van der Waals surface area (Å²) in [4.78, 5) is 2.46. The summed E-state index contributed by atoms with van der Waals surface area (Å²) >= 11 is 0. The highest BCUT2D eigenvalue weighted by Crippen LogP contribution is 2.39. The molecule has 0 amide bonds. The minimum absolute atomic E-state index is 0.242. The maximum absolute atomic E-state index is 9.75. The van der Waals surface area contributed by atoms with E-state index in [0.717, 1.165) is 18.4 Å². The van der Waals surface area contributed by atoms with E-state index in [9.17, 15) is 5.11 Å². The van der Waals surface area contributed by atoms with Crippen molar-refractivity contribution in [3.05, 3.63) is 0 Å². The molecule has 1 N–H and O–H groups in total. The van der Waals surface area contributed by atoms with E-state index in [2.05, 4.69) is 4.90 Å². The summed E-state index contributed by atoms with van der Waals surface area (Å²) in [6, 6.07) is 0.292. The predicted molar refractivity (Wildman–Crippen MR) is 53.0 cm³/mol. The van der Waals surface area contributed by atoms with Crippen molar-refractivity contribution in [3.63, 3.8) is 0 Å². The number of hydrogen-bond donors (Lipinski definition) is 1. The molecule has 0 aromatic carbocycles. The summed E-state index contributed by atoms with van der Waals surface area (Å²) in [5.41, 5.74) is 0.